The predicted octanol–water partition coefficient (Wildman–Crippen LogP) is 17.2. The van der Waals surface area contributed by atoms with Crippen molar-refractivity contribution < 1.29 is 55.3 Å². The van der Waals surface area contributed by atoms with E-state index in [-0.39, 0.29) is 43.7 Å². The standard InChI is InChI=1S/C37H54N2O4S.C35H41F3N2O5S.2CH4/c1-25-29(18-13-19-34(25)43-37(5,6)7)35(42)38-30(24-44-28-16-9-8-10-17-28)33(41)23-39-22-27-15-12-11-14-26(27)20-31(39)32(40)21-36(2,3)4;1-6-19-34(20-18-24-12-9-8-10-13-24)22-29(44-33(3,4)5)31(32(41)45-34)28(7-2)25-14-11-15-27(21-25)40-46(42,43)30-17-16-26(23-39-30)35(36,37)38;;/h8-10,13,16-19,26-27,30-31,33,41H,11-12,14-15,20-24H2,1-7H3,(H,38,42);8-17,21,23,28,40H,6-7,18-20,22H2,1-5H3;2*1H4/t26-,27+,30-,31-,33+;28-,34-;;/m01../s1. The van der Waals surface area contributed by atoms with E-state index in [0.717, 1.165) is 47.9 Å². The number of carbonyl (C=O) groups excluding carboxylic acids is 3. The number of aliphatic hydroxyl groups is 1. The summed E-state index contributed by atoms with van der Waals surface area (Å²) >= 11 is 1.62. The third kappa shape index (κ3) is 21.9. The number of halogens is 3. The molecule has 0 spiro atoms. The Morgan fingerprint density at radius 1 is 0.826 bits per heavy atom. The lowest BCUT2D eigenvalue weighted by molar-refractivity contribution is -0.163. The number of amides is 1. The average Bonchev–Trinajstić information content (AvgIpc) is 0.813. The predicted molar refractivity (Wildman–Crippen MR) is 364 cm³/mol. The largest absolute Gasteiger partial charge is 0.492 e. The number of esters is 1. The molecule has 0 bridgehead atoms. The third-order valence-corrected chi connectivity index (χ3v) is 19.1. The third-order valence-electron chi connectivity index (χ3n) is 16.7. The number of rotatable bonds is 23. The van der Waals surface area contributed by atoms with Crippen LogP contribution >= 0.6 is 11.8 Å². The fraction of sp³-hybridized carbons (Fsp3) is 0.541. The van der Waals surface area contributed by atoms with E-state index in [4.69, 9.17) is 14.2 Å². The Bertz CT molecular complexity index is 3340. The zero-order valence-corrected chi connectivity index (χ0v) is 56.3. The number of alkyl halides is 3. The van der Waals surface area contributed by atoms with Gasteiger partial charge in [-0.2, -0.15) is 21.6 Å². The van der Waals surface area contributed by atoms with Crippen LogP contribution in [0.5, 0.6) is 5.75 Å². The van der Waals surface area contributed by atoms with Crippen molar-refractivity contribution in [2.45, 2.75) is 232 Å². The number of hydrogen-bond acceptors (Lipinski definition) is 12. The van der Waals surface area contributed by atoms with E-state index in [2.05, 4.69) is 59.8 Å². The van der Waals surface area contributed by atoms with Crippen LogP contribution in [0.2, 0.25) is 0 Å². The number of likely N-dealkylation sites (tertiary alicyclic amines) is 1. The summed E-state index contributed by atoms with van der Waals surface area (Å²) in [6, 6.07) is 33.0. The van der Waals surface area contributed by atoms with Gasteiger partial charge in [0.15, 0.2) is 5.03 Å². The molecule has 1 saturated heterocycles. The topological polar surface area (TPSA) is 173 Å². The molecule has 13 nitrogen and oxygen atoms in total. The molecule has 5 aromatic rings. The molecule has 18 heteroatoms. The van der Waals surface area contributed by atoms with E-state index < -0.39 is 67.6 Å². The zero-order valence-electron chi connectivity index (χ0n) is 54.7. The maximum absolute atomic E-state index is 14.0. The second-order valence-corrected chi connectivity index (χ2v) is 30.5. The number of sulfonamides is 1. The minimum atomic E-state index is -4.64. The number of thioether (sulfide) groups is 1. The average molecular weight is 1310 g/mol. The number of nitrogens with zero attached hydrogens (tertiary/aromatic N) is 2. The summed E-state index contributed by atoms with van der Waals surface area (Å²) in [5.74, 6) is 2.01. The number of aromatic nitrogens is 1. The molecule has 4 aromatic carbocycles. The van der Waals surface area contributed by atoms with Crippen molar-refractivity contribution in [3.05, 3.63) is 161 Å². The molecule has 506 valence electrons. The second-order valence-electron chi connectivity index (χ2n) is 27.7. The van der Waals surface area contributed by atoms with Gasteiger partial charge in [0.25, 0.3) is 15.9 Å². The first-order valence-corrected chi connectivity index (χ1v) is 34.3. The molecule has 1 saturated carbocycles. The van der Waals surface area contributed by atoms with E-state index in [0.29, 0.717) is 96.7 Å². The summed E-state index contributed by atoms with van der Waals surface area (Å²) in [5, 5.41) is 14.5. The van der Waals surface area contributed by atoms with Crippen LogP contribution < -0.4 is 14.8 Å². The zero-order chi connectivity index (χ0) is 65.8. The Kier molecular flexibility index (Phi) is 27.2. The number of ether oxygens (including phenoxy) is 3. The van der Waals surface area contributed by atoms with Crippen LogP contribution in [0.3, 0.4) is 0 Å². The van der Waals surface area contributed by atoms with Crippen molar-refractivity contribution in [3.8, 4) is 5.75 Å². The summed E-state index contributed by atoms with van der Waals surface area (Å²) < 4.78 is 86.2. The fourth-order valence-electron chi connectivity index (χ4n) is 12.5. The number of fused-ring (bicyclic) bond motifs is 1. The van der Waals surface area contributed by atoms with Crippen molar-refractivity contribution in [1.82, 2.24) is 15.2 Å². The SMILES string of the molecule is C.C.CCC[C@@]1(CCc2ccccc2)CC(OC(C)(C)C)=C([C@H](CC)c2cccc(NS(=O)(=O)c3ccc(C(F)(F)F)cn3)c2)C(=O)O1.Cc1c(OC(C)(C)C)cccc1C(=O)N[C@@H](CSc1ccccc1)[C@H](O)CN1C[C@H]2CCCC[C@H]2C[C@H]1C(=O)CC(C)(C)C. The minimum Gasteiger partial charge on any atom is -0.492 e. The number of benzene rings is 4. The number of piperidine rings is 1. The van der Waals surface area contributed by atoms with E-state index in [9.17, 15) is 41.1 Å². The van der Waals surface area contributed by atoms with Gasteiger partial charge in [0.2, 0.25) is 0 Å². The molecule has 0 unspecified atom stereocenters. The Balaban J connectivity index is 0.000000327. The van der Waals surface area contributed by atoms with Gasteiger partial charge < -0.3 is 24.6 Å². The normalized spacial score (nSPS) is 19.9. The molecule has 8 rings (SSSR count). The van der Waals surface area contributed by atoms with Crippen molar-refractivity contribution in [3.63, 3.8) is 0 Å². The summed E-state index contributed by atoms with van der Waals surface area (Å²) in [6.07, 6.45) is 5.02. The van der Waals surface area contributed by atoms with E-state index in [1.807, 2.05) is 122 Å². The fourth-order valence-corrected chi connectivity index (χ4v) is 14.6. The molecule has 0 radical (unpaired) electrons. The summed E-state index contributed by atoms with van der Waals surface area (Å²) in [7, 11) is -4.30. The van der Waals surface area contributed by atoms with Gasteiger partial charge in [-0.05, 0) is 164 Å². The van der Waals surface area contributed by atoms with E-state index in [1.165, 1.54) is 31.7 Å². The first-order valence-electron chi connectivity index (χ1n) is 31.8. The highest BCUT2D eigenvalue weighted by atomic mass is 32.2. The van der Waals surface area contributed by atoms with Gasteiger partial charge in [-0.15, -0.1) is 11.8 Å². The highest BCUT2D eigenvalue weighted by molar-refractivity contribution is 7.99. The number of carbonyl (C=O) groups is 3. The first-order chi connectivity index (χ1) is 42.3. The minimum absolute atomic E-state index is 0. The monoisotopic (exact) mass is 1310 g/mol. The van der Waals surface area contributed by atoms with Gasteiger partial charge in [-0.25, -0.2) is 9.78 Å². The van der Waals surface area contributed by atoms with Gasteiger partial charge in [-0.3, -0.25) is 19.2 Å². The van der Waals surface area contributed by atoms with Gasteiger partial charge >= 0.3 is 12.1 Å². The molecular formula is C74H103F3N4O9S2. The maximum Gasteiger partial charge on any atom is 0.417 e. The number of aliphatic hydroxyl groups excluding tert-OH is 1. The Morgan fingerprint density at radius 2 is 1.47 bits per heavy atom. The molecule has 2 fully saturated rings. The van der Waals surface area contributed by atoms with Gasteiger partial charge in [0, 0.05) is 65.5 Å². The number of ketones is 1. The van der Waals surface area contributed by atoms with E-state index in [1.54, 1.807) is 30.0 Å². The number of aryl methyl sites for hydroxylation is 1. The molecule has 3 aliphatic rings. The van der Waals surface area contributed by atoms with Crippen LogP contribution in [-0.2, 0) is 41.7 Å². The van der Waals surface area contributed by atoms with Crippen LogP contribution in [0, 0.1) is 24.2 Å². The molecule has 1 aliphatic carbocycles. The van der Waals surface area contributed by atoms with Crippen LogP contribution in [-0.4, -0.2) is 94.9 Å². The van der Waals surface area contributed by atoms with Crippen LogP contribution in [0.15, 0.2) is 143 Å². The van der Waals surface area contributed by atoms with E-state index >= 15 is 0 Å². The Morgan fingerprint density at radius 3 is 2.07 bits per heavy atom. The number of nitrogens with one attached hydrogen (secondary N) is 2. The summed E-state index contributed by atoms with van der Waals surface area (Å²) in [5.41, 5.74) is 0.813. The maximum atomic E-state index is 14.0. The molecule has 7 atom stereocenters. The molecule has 3 heterocycles. The van der Waals surface area contributed by atoms with Crippen LogP contribution in [0.1, 0.15) is 200 Å². The molecule has 1 amide bonds. The number of Topliss-reactive ketones (excluding diaryl/α,β-unsaturated/α-hetero) is 1. The molecular weight excluding hydrogens is 1210 g/mol. The molecule has 3 N–H and O–H groups in total. The van der Waals surface area contributed by atoms with Crippen molar-refractivity contribution in [2.75, 3.05) is 23.6 Å². The van der Waals surface area contributed by atoms with Gasteiger partial charge in [-0.1, -0.05) is 142 Å². The summed E-state index contributed by atoms with van der Waals surface area (Å²) in [6.45, 7) is 25.2. The van der Waals surface area contributed by atoms with Crippen LogP contribution in [0.4, 0.5) is 18.9 Å². The van der Waals surface area contributed by atoms with Gasteiger partial charge in [0.05, 0.1) is 29.3 Å². The smallest absolute Gasteiger partial charge is 0.417 e. The Hall–Kier alpha value is -6.21. The Labute approximate surface area is 551 Å². The van der Waals surface area contributed by atoms with Crippen molar-refractivity contribution in [1.29, 1.82) is 0 Å². The number of cyclic esters (lactones) is 1. The quantitative estimate of drug-likeness (QED) is 0.0418. The number of pyridine rings is 1. The van der Waals surface area contributed by atoms with Gasteiger partial charge in [0.1, 0.15) is 34.1 Å². The summed E-state index contributed by atoms with van der Waals surface area (Å²) in [4.78, 5) is 48.3. The number of β-amino-alcohol motifs (C(OH)–C–C–N with tert-alkyl or cyclic N) is 1. The van der Waals surface area contributed by atoms with Crippen molar-refractivity contribution in [2.24, 2.45) is 17.3 Å². The highest BCUT2D eigenvalue weighted by Gasteiger charge is 2.46. The number of anilines is 1. The lowest BCUT2D eigenvalue weighted by Gasteiger charge is -2.47. The lowest BCUT2D eigenvalue weighted by Crippen LogP contribution is -2.57. The molecule has 2 aliphatic heterocycles. The number of hydrogen-bond donors (Lipinski definition) is 3. The first kappa shape index (κ1) is 76.5. The molecule has 92 heavy (non-hydrogen) atoms. The van der Waals surface area contributed by atoms with Crippen molar-refractivity contribution >= 4 is 45.1 Å². The van der Waals surface area contributed by atoms with Crippen LogP contribution in [0.25, 0.3) is 0 Å². The lowest BCUT2D eigenvalue weighted by atomic mass is 9.71. The molecule has 1 aromatic heterocycles. The second kappa shape index (κ2) is 32.8. The highest BCUT2D eigenvalue weighted by Crippen LogP contribution is 2.45.